The molecule has 29 heavy (non-hydrogen) atoms. The van der Waals surface area contributed by atoms with Crippen molar-refractivity contribution in [3.05, 3.63) is 106 Å². The first-order valence-corrected chi connectivity index (χ1v) is 9.97. The Morgan fingerprint density at radius 2 is 1.66 bits per heavy atom. The van der Waals surface area contributed by atoms with E-state index >= 15 is 0 Å². The molecule has 0 aliphatic carbocycles. The van der Waals surface area contributed by atoms with Crippen molar-refractivity contribution in [1.29, 1.82) is 0 Å². The fourth-order valence-electron chi connectivity index (χ4n) is 3.27. The third-order valence-corrected chi connectivity index (χ3v) is 5.89. The van der Waals surface area contributed by atoms with Gasteiger partial charge in [0.15, 0.2) is 5.78 Å². The van der Waals surface area contributed by atoms with Crippen molar-refractivity contribution in [2.75, 3.05) is 10.7 Å². The fourth-order valence-corrected chi connectivity index (χ4v) is 4.44. The zero-order valence-electron chi connectivity index (χ0n) is 15.2. The Hall–Kier alpha value is -3.45. The van der Waals surface area contributed by atoms with E-state index in [1.807, 2.05) is 18.2 Å². The molecular formula is C22H16N2O4S. The molecule has 1 atom stereocenters. The molecule has 1 saturated heterocycles. The number of ketones is 1. The zero-order valence-corrected chi connectivity index (χ0v) is 16.0. The first-order valence-electron chi connectivity index (χ1n) is 8.92. The summed E-state index contributed by atoms with van der Waals surface area (Å²) in [6, 6.07) is 22.2. The highest BCUT2D eigenvalue weighted by Gasteiger charge is 2.34. The summed E-state index contributed by atoms with van der Waals surface area (Å²) < 4.78 is 0. The zero-order chi connectivity index (χ0) is 20.4. The Balaban J connectivity index is 1.62. The van der Waals surface area contributed by atoms with Crippen molar-refractivity contribution in [3.63, 3.8) is 0 Å². The van der Waals surface area contributed by atoms with Gasteiger partial charge in [0.05, 0.1) is 10.7 Å². The molecule has 4 rings (SSSR count). The predicted octanol–water partition coefficient (Wildman–Crippen LogP) is 4.60. The second-order valence-electron chi connectivity index (χ2n) is 6.52. The lowest BCUT2D eigenvalue weighted by Crippen LogP contribution is -2.27. The largest absolute Gasteiger partial charge is 0.295 e. The third-order valence-electron chi connectivity index (χ3n) is 4.68. The topological polar surface area (TPSA) is 80.5 Å². The van der Waals surface area contributed by atoms with Gasteiger partial charge in [0.25, 0.3) is 5.69 Å². The van der Waals surface area contributed by atoms with Gasteiger partial charge in [-0.25, -0.2) is 0 Å². The predicted molar refractivity (Wildman–Crippen MR) is 112 cm³/mol. The molecule has 7 heteroatoms. The number of non-ortho nitro benzene ring substituents is 1. The van der Waals surface area contributed by atoms with E-state index < -0.39 is 4.92 Å². The molecule has 1 fully saturated rings. The quantitative estimate of drug-likeness (QED) is 0.353. The van der Waals surface area contributed by atoms with Gasteiger partial charge in [-0.1, -0.05) is 42.5 Å². The number of benzene rings is 3. The van der Waals surface area contributed by atoms with Crippen molar-refractivity contribution in [1.82, 2.24) is 0 Å². The van der Waals surface area contributed by atoms with Gasteiger partial charge in [-0.15, -0.1) is 11.8 Å². The van der Waals surface area contributed by atoms with Crippen molar-refractivity contribution in [3.8, 4) is 0 Å². The van der Waals surface area contributed by atoms with Crippen molar-refractivity contribution < 1.29 is 14.5 Å². The first kappa shape index (κ1) is 18.9. The minimum atomic E-state index is -0.445. The molecule has 0 N–H and O–H groups in total. The standard InChI is InChI=1S/C22H16N2O4S/c25-20-14-29-22(17-7-4-8-19(13-17)24(27)28)23(20)18-11-9-16(10-12-18)21(26)15-5-2-1-3-6-15/h1-13,22H,14H2. The molecule has 1 aliphatic heterocycles. The minimum absolute atomic E-state index is 0.00814. The van der Waals surface area contributed by atoms with E-state index in [9.17, 15) is 19.7 Å². The molecule has 0 aromatic heterocycles. The Morgan fingerprint density at radius 3 is 2.34 bits per heavy atom. The maximum absolute atomic E-state index is 12.6. The SMILES string of the molecule is O=C(c1ccccc1)c1ccc(N2C(=O)CSC2c2cccc([N+](=O)[O-])c2)cc1. The van der Waals surface area contributed by atoms with Crippen molar-refractivity contribution in [2.45, 2.75) is 5.37 Å². The van der Waals surface area contributed by atoms with Crippen LogP contribution in [0.2, 0.25) is 0 Å². The highest BCUT2D eigenvalue weighted by Crippen LogP contribution is 2.42. The molecule has 1 unspecified atom stereocenters. The molecular weight excluding hydrogens is 388 g/mol. The van der Waals surface area contributed by atoms with E-state index in [4.69, 9.17) is 0 Å². The molecule has 1 heterocycles. The number of anilines is 1. The van der Waals surface area contributed by atoms with Crippen LogP contribution >= 0.6 is 11.8 Å². The summed E-state index contributed by atoms with van der Waals surface area (Å²) in [5, 5.41) is 10.7. The van der Waals surface area contributed by atoms with Crippen LogP contribution in [0.1, 0.15) is 26.9 Å². The van der Waals surface area contributed by atoms with E-state index in [2.05, 4.69) is 0 Å². The van der Waals surface area contributed by atoms with Gasteiger partial charge in [-0.2, -0.15) is 0 Å². The number of nitro benzene ring substituents is 1. The van der Waals surface area contributed by atoms with E-state index in [0.717, 1.165) is 0 Å². The second kappa shape index (κ2) is 7.89. The van der Waals surface area contributed by atoms with Crippen LogP contribution in [0.15, 0.2) is 78.9 Å². The van der Waals surface area contributed by atoms with Crippen LogP contribution in [0.25, 0.3) is 0 Å². The van der Waals surface area contributed by atoms with Gasteiger partial charge in [-0.3, -0.25) is 24.6 Å². The molecule has 0 spiro atoms. The molecule has 6 nitrogen and oxygen atoms in total. The Morgan fingerprint density at radius 1 is 0.966 bits per heavy atom. The summed E-state index contributed by atoms with van der Waals surface area (Å²) in [6.45, 7) is 0. The lowest BCUT2D eigenvalue weighted by molar-refractivity contribution is -0.384. The number of carbonyl (C=O) groups is 2. The molecule has 0 bridgehead atoms. The van der Waals surface area contributed by atoms with Gasteiger partial charge < -0.3 is 0 Å². The lowest BCUT2D eigenvalue weighted by Gasteiger charge is -2.24. The summed E-state index contributed by atoms with van der Waals surface area (Å²) in [6.07, 6.45) is 0. The van der Waals surface area contributed by atoms with Crippen LogP contribution < -0.4 is 4.90 Å². The highest BCUT2D eigenvalue weighted by molar-refractivity contribution is 8.00. The van der Waals surface area contributed by atoms with Gasteiger partial charge >= 0.3 is 0 Å². The van der Waals surface area contributed by atoms with E-state index in [-0.39, 0.29) is 28.5 Å². The Kier molecular flexibility index (Phi) is 5.14. The number of hydrogen-bond donors (Lipinski definition) is 0. The van der Waals surface area contributed by atoms with Gasteiger partial charge in [-0.05, 0) is 29.8 Å². The molecule has 0 saturated carbocycles. The average molecular weight is 404 g/mol. The maximum atomic E-state index is 12.6. The number of nitro groups is 1. The first-order chi connectivity index (χ1) is 14.0. The van der Waals surface area contributed by atoms with Crippen molar-refractivity contribution >= 4 is 34.8 Å². The summed E-state index contributed by atoms with van der Waals surface area (Å²) in [7, 11) is 0. The van der Waals surface area contributed by atoms with Crippen LogP contribution in [0.3, 0.4) is 0 Å². The highest BCUT2D eigenvalue weighted by atomic mass is 32.2. The Bertz CT molecular complexity index is 1080. The van der Waals surface area contributed by atoms with Crippen molar-refractivity contribution in [2.24, 2.45) is 0 Å². The summed E-state index contributed by atoms with van der Waals surface area (Å²) in [4.78, 5) is 37.4. The molecule has 3 aromatic rings. The summed E-state index contributed by atoms with van der Waals surface area (Å²) in [5.41, 5.74) is 2.47. The fraction of sp³-hybridized carbons (Fsp3) is 0.0909. The summed E-state index contributed by atoms with van der Waals surface area (Å²) in [5.74, 6) is 0.126. The molecule has 1 aliphatic rings. The van der Waals surface area contributed by atoms with Gasteiger partial charge in [0, 0.05) is 28.9 Å². The monoisotopic (exact) mass is 404 g/mol. The van der Waals surface area contributed by atoms with Gasteiger partial charge in [0.2, 0.25) is 5.91 Å². The number of nitrogens with zero attached hydrogens (tertiary/aromatic N) is 2. The van der Waals surface area contributed by atoms with E-state index in [0.29, 0.717) is 22.4 Å². The molecule has 3 aromatic carbocycles. The smallest absolute Gasteiger partial charge is 0.269 e. The van der Waals surface area contributed by atoms with Crippen LogP contribution in [-0.4, -0.2) is 22.4 Å². The third kappa shape index (κ3) is 3.77. The summed E-state index contributed by atoms with van der Waals surface area (Å²) >= 11 is 1.42. The number of carbonyl (C=O) groups excluding carboxylic acids is 2. The van der Waals surface area contributed by atoms with Crippen LogP contribution in [0.5, 0.6) is 0 Å². The van der Waals surface area contributed by atoms with Gasteiger partial charge in [0.1, 0.15) is 5.37 Å². The van der Waals surface area contributed by atoms with Crippen LogP contribution in [0.4, 0.5) is 11.4 Å². The number of amides is 1. The van der Waals surface area contributed by atoms with Crippen LogP contribution in [0, 0.1) is 10.1 Å². The Labute approximate surface area is 171 Å². The van der Waals surface area contributed by atoms with E-state index in [1.165, 1.54) is 23.9 Å². The molecule has 0 radical (unpaired) electrons. The lowest BCUT2D eigenvalue weighted by atomic mass is 10.0. The molecule has 144 valence electrons. The number of rotatable bonds is 5. The number of hydrogen-bond acceptors (Lipinski definition) is 5. The molecule has 1 amide bonds. The van der Waals surface area contributed by atoms with E-state index in [1.54, 1.807) is 53.4 Å². The van der Waals surface area contributed by atoms with Crippen LogP contribution in [-0.2, 0) is 4.79 Å². The minimum Gasteiger partial charge on any atom is -0.295 e. The average Bonchev–Trinajstić information content (AvgIpc) is 3.15. The maximum Gasteiger partial charge on any atom is 0.269 e. The number of thioether (sulfide) groups is 1. The normalized spacial score (nSPS) is 16.1. The second-order valence-corrected chi connectivity index (χ2v) is 7.59.